The van der Waals surface area contributed by atoms with Gasteiger partial charge in [0.1, 0.15) is 0 Å². The Hall–Kier alpha value is -0.170. The van der Waals surface area contributed by atoms with Gasteiger partial charge in [0.2, 0.25) is 0 Å². The van der Waals surface area contributed by atoms with E-state index < -0.39 is 10.2 Å². The molecular weight excluding hydrogens is 274 g/mol. The van der Waals surface area contributed by atoms with Crippen molar-refractivity contribution < 1.29 is 8.42 Å². The standard InChI is InChI=1S/C14H29N3O2S/c1-13(2)17(12-14-8-4-5-9-15-14)20(18,19)16-10-6-3-7-11-16/h13-15H,3-12H2,1-2H3. The molecule has 2 rings (SSSR count). The lowest BCUT2D eigenvalue weighted by Gasteiger charge is -2.37. The molecule has 0 spiro atoms. The van der Waals surface area contributed by atoms with Gasteiger partial charge in [0.25, 0.3) is 10.2 Å². The predicted molar refractivity (Wildman–Crippen MR) is 81.8 cm³/mol. The number of hydrogen-bond donors (Lipinski definition) is 1. The molecule has 1 atom stereocenters. The van der Waals surface area contributed by atoms with Crippen molar-refractivity contribution in [3.63, 3.8) is 0 Å². The highest BCUT2D eigenvalue weighted by atomic mass is 32.2. The zero-order valence-corrected chi connectivity index (χ0v) is 13.7. The van der Waals surface area contributed by atoms with E-state index in [0.717, 1.165) is 32.2 Å². The molecule has 118 valence electrons. The number of nitrogens with zero attached hydrogens (tertiary/aromatic N) is 2. The average Bonchev–Trinajstić information content (AvgIpc) is 2.46. The van der Waals surface area contributed by atoms with Gasteiger partial charge in [0, 0.05) is 31.7 Å². The zero-order valence-electron chi connectivity index (χ0n) is 12.8. The van der Waals surface area contributed by atoms with Crippen molar-refractivity contribution in [1.82, 2.24) is 13.9 Å². The van der Waals surface area contributed by atoms with Crippen molar-refractivity contribution >= 4 is 10.2 Å². The Morgan fingerprint density at radius 1 is 1.15 bits per heavy atom. The molecule has 0 saturated carbocycles. The van der Waals surface area contributed by atoms with Gasteiger partial charge in [0.05, 0.1) is 0 Å². The highest BCUT2D eigenvalue weighted by Gasteiger charge is 2.34. The molecule has 0 aromatic heterocycles. The second-order valence-electron chi connectivity index (χ2n) is 6.28. The average molecular weight is 303 g/mol. The molecule has 6 heteroatoms. The van der Waals surface area contributed by atoms with Crippen LogP contribution in [-0.2, 0) is 10.2 Å². The molecule has 1 N–H and O–H groups in total. The van der Waals surface area contributed by atoms with Crippen LogP contribution in [0.4, 0.5) is 0 Å². The fourth-order valence-corrected chi connectivity index (χ4v) is 5.03. The lowest BCUT2D eigenvalue weighted by Crippen LogP contribution is -2.53. The van der Waals surface area contributed by atoms with Crippen LogP contribution < -0.4 is 5.32 Å². The highest BCUT2D eigenvalue weighted by molar-refractivity contribution is 7.86. The lowest BCUT2D eigenvalue weighted by molar-refractivity contribution is 0.249. The fraction of sp³-hybridized carbons (Fsp3) is 1.00. The predicted octanol–water partition coefficient (Wildman–Crippen LogP) is 1.57. The monoisotopic (exact) mass is 303 g/mol. The maximum absolute atomic E-state index is 12.8. The van der Waals surface area contributed by atoms with Crippen molar-refractivity contribution in [1.29, 1.82) is 0 Å². The maximum Gasteiger partial charge on any atom is 0.282 e. The van der Waals surface area contributed by atoms with Gasteiger partial charge in [-0.25, -0.2) is 0 Å². The molecule has 2 aliphatic rings. The van der Waals surface area contributed by atoms with E-state index in [2.05, 4.69) is 5.32 Å². The fourth-order valence-electron chi connectivity index (χ4n) is 3.11. The van der Waals surface area contributed by atoms with Gasteiger partial charge in [-0.2, -0.15) is 17.0 Å². The molecule has 2 aliphatic heterocycles. The number of rotatable bonds is 5. The van der Waals surface area contributed by atoms with E-state index in [1.807, 2.05) is 13.8 Å². The van der Waals surface area contributed by atoms with Crippen LogP contribution in [0.2, 0.25) is 0 Å². The molecule has 2 fully saturated rings. The van der Waals surface area contributed by atoms with E-state index in [-0.39, 0.29) is 6.04 Å². The first-order chi connectivity index (χ1) is 9.51. The molecule has 0 aliphatic carbocycles. The first kappa shape index (κ1) is 16.2. The summed E-state index contributed by atoms with van der Waals surface area (Å²) in [6.07, 6.45) is 6.63. The summed E-state index contributed by atoms with van der Waals surface area (Å²) in [4.78, 5) is 0. The van der Waals surface area contributed by atoms with Gasteiger partial charge >= 0.3 is 0 Å². The third-order valence-electron chi connectivity index (χ3n) is 4.33. The van der Waals surface area contributed by atoms with Crippen LogP contribution in [0.5, 0.6) is 0 Å². The van der Waals surface area contributed by atoms with E-state index in [9.17, 15) is 8.42 Å². The summed E-state index contributed by atoms with van der Waals surface area (Å²) in [5, 5.41) is 3.45. The Balaban J connectivity index is 2.05. The highest BCUT2D eigenvalue weighted by Crippen LogP contribution is 2.20. The Morgan fingerprint density at radius 2 is 1.85 bits per heavy atom. The molecule has 0 bridgehead atoms. The molecular formula is C14H29N3O2S. The van der Waals surface area contributed by atoms with Crippen molar-refractivity contribution in [2.45, 2.75) is 64.5 Å². The summed E-state index contributed by atoms with van der Waals surface area (Å²) in [6, 6.07) is 0.330. The van der Waals surface area contributed by atoms with E-state index in [1.54, 1.807) is 8.61 Å². The number of piperidine rings is 2. The third kappa shape index (κ3) is 3.93. The topological polar surface area (TPSA) is 52.7 Å². The molecule has 2 saturated heterocycles. The number of hydrogen-bond acceptors (Lipinski definition) is 3. The maximum atomic E-state index is 12.8. The van der Waals surface area contributed by atoms with E-state index in [4.69, 9.17) is 0 Å². The van der Waals surface area contributed by atoms with Crippen molar-refractivity contribution in [2.24, 2.45) is 0 Å². The summed E-state index contributed by atoms with van der Waals surface area (Å²) in [6.45, 7) is 6.94. The first-order valence-corrected chi connectivity index (χ1v) is 9.42. The van der Waals surface area contributed by atoms with Gasteiger partial charge in [-0.3, -0.25) is 0 Å². The lowest BCUT2D eigenvalue weighted by atomic mass is 10.1. The second kappa shape index (κ2) is 7.20. The normalized spacial score (nSPS) is 26.3. The first-order valence-electron chi connectivity index (χ1n) is 8.02. The summed E-state index contributed by atoms with van der Waals surface area (Å²) in [7, 11) is -3.30. The molecule has 20 heavy (non-hydrogen) atoms. The van der Waals surface area contributed by atoms with E-state index in [1.165, 1.54) is 12.8 Å². The zero-order chi connectivity index (χ0) is 14.6. The van der Waals surface area contributed by atoms with Crippen LogP contribution in [0.25, 0.3) is 0 Å². The van der Waals surface area contributed by atoms with E-state index >= 15 is 0 Å². The van der Waals surface area contributed by atoms with Crippen LogP contribution in [0.1, 0.15) is 52.4 Å². The van der Waals surface area contributed by atoms with Crippen molar-refractivity contribution in [3.8, 4) is 0 Å². The minimum absolute atomic E-state index is 0.0191. The Kier molecular flexibility index (Phi) is 5.84. The van der Waals surface area contributed by atoms with Gasteiger partial charge in [0.15, 0.2) is 0 Å². The van der Waals surface area contributed by atoms with Gasteiger partial charge in [-0.05, 0) is 46.1 Å². The third-order valence-corrected chi connectivity index (χ3v) is 6.51. The largest absolute Gasteiger partial charge is 0.313 e. The molecule has 2 heterocycles. The summed E-state index contributed by atoms with van der Waals surface area (Å²) < 4.78 is 29.0. The van der Waals surface area contributed by atoms with Crippen LogP contribution in [0.3, 0.4) is 0 Å². The van der Waals surface area contributed by atoms with Crippen LogP contribution in [0.15, 0.2) is 0 Å². The van der Waals surface area contributed by atoms with Crippen LogP contribution in [0, 0.1) is 0 Å². The Labute approximate surface area is 123 Å². The molecule has 1 unspecified atom stereocenters. The molecule has 0 radical (unpaired) electrons. The Morgan fingerprint density at radius 3 is 2.40 bits per heavy atom. The molecule has 0 aromatic rings. The minimum Gasteiger partial charge on any atom is -0.313 e. The molecule has 0 amide bonds. The van der Waals surface area contributed by atoms with Gasteiger partial charge in [-0.15, -0.1) is 0 Å². The second-order valence-corrected chi connectivity index (χ2v) is 8.16. The Bertz CT molecular complexity index is 385. The van der Waals surface area contributed by atoms with Gasteiger partial charge < -0.3 is 5.32 Å². The van der Waals surface area contributed by atoms with Crippen LogP contribution >= 0.6 is 0 Å². The minimum atomic E-state index is -3.30. The number of nitrogens with one attached hydrogen (secondary N) is 1. The van der Waals surface area contributed by atoms with Crippen LogP contribution in [-0.4, -0.2) is 55.3 Å². The SMILES string of the molecule is CC(C)N(CC1CCCCN1)S(=O)(=O)N1CCCCC1. The van der Waals surface area contributed by atoms with Crippen molar-refractivity contribution in [2.75, 3.05) is 26.2 Å². The molecule has 0 aromatic carbocycles. The van der Waals surface area contributed by atoms with Crippen molar-refractivity contribution in [3.05, 3.63) is 0 Å². The summed E-state index contributed by atoms with van der Waals surface area (Å²) in [5.41, 5.74) is 0. The summed E-state index contributed by atoms with van der Waals surface area (Å²) in [5.74, 6) is 0. The van der Waals surface area contributed by atoms with E-state index in [0.29, 0.717) is 25.7 Å². The molecule has 5 nitrogen and oxygen atoms in total. The quantitative estimate of drug-likeness (QED) is 0.839. The smallest absolute Gasteiger partial charge is 0.282 e. The van der Waals surface area contributed by atoms with Gasteiger partial charge in [-0.1, -0.05) is 12.8 Å². The summed E-state index contributed by atoms with van der Waals surface area (Å²) >= 11 is 0.